The summed E-state index contributed by atoms with van der Waals surface area (Å²) in [5.41, 5.74) is 2.28. The number of hydrogen-bond acceptors (Lipinski definition) is 4. The van der Waals surface area contributed by atoms with Gasteiger partial charge >= 0.3 is 5.97 Å². The lowest BCUT2D eigenvalue weighted by atomic mass is 10.1. The third-order valence-electron chi connectivity index (χ3n) is 3.46. The Hall–Kier alpha value is -2.30. The summed E-state index contributed by atoms with van der Waals surface area (Å²) in [5, 5.41) is 5.02. The summed E-state index contributed by atoms with van der Waals surface area (Å²) in [5.74, 6) is -0.457. The van der Waals surface area contributed by atoms with Gasteiger partial charge < -0.3 is 10.1 Å². The van der Waals surface area contributed by atoms with E-state index in [1.54, 1.807) is 31.2 Å². The van der Waals surface area contributed by atoms with Crippen LogP contribution in [0.15, 0.2) is 48.7 Å². The number of esters is 1. The maximum Gasteiger partial charge on any atom is 0.341 e. The molecular weight excluding hydrogens is 347 g/mol. The number of para-hydroxylation sites is 1. The predicted molar refractivity (Wildman–Crippen MR) is 97.4 cm³/mol. The van der Waals surface area contributed by atoms with E-state index in [-0.39, 0.29) is 6.61 Å². The molecule has 0 saturated carbocycles. The molecule has 0 fully saturated rings. The zero-order valence-electron chi connectivity index (χ0n) is 12.8. The molecule has 1 N–H and O–H groups in total. The summed E-state index contributed by atoms with van der Waals surface area (Å²) < 4.78 is 5.13. The minimum absolute atomic E-state index is 0.276. The first-order chi connectivity index (χ1) is 11.6. The number of anilines is 2. The van der Waals surface area contributed by atoms with E-state index >= 15 is 0 Å². The number of aromatic nitrogens is 1. The van der Waals surface area contributed by atoms with Gasteiger partial charge in [-0.2, -0.15) is 0 Å². The summed E-state index contributed by atoms with van der Waals surface area (Å²) in [6.45, 7) is 2.03. The first-order valence-corrected chi connectivity index (χ1v) is 8.12. The average Bonchev–Trinajstić information content (AvgIpc) is 2.57. The van der Waals surface area contributed by atoms with E-state index in [4.69, 9.17) is 27.9 Å². The van der Waals surface area contributed by atoms with Gasteiger partial charge in [0, 0.05) is 16.6 Å². The van der Waals surface area contributed by atoms with Crippen molar-refractivity contribution in [2.24, 2.45) is 0 Å². The highest BCUT2D eigenvalue weighted by Gasteiger charge is 2.18. The maximum absolute atomic E-state index is 12.3. The van der Waals surface area contributed by atoms with Crippen molar-refractivity contribution in [2.45, 2.75) is 6.92 Å². The largest absolute Gasteiger partial charge is 0.462 e. The fourth-order valence-electron chi connectivity index (χ4n) is 2.36. The van der Waals surface area contributed by atoms with Crippen molar-refractivity contribution in [3.05, 3.63) is 64.3 Å². The Morgan fingerprint density at radius 1 is 1.21 bits per heavy atom. The van der Waals surface area contributed by atoms with Gasteiger partial charge in [-0.15, -0.1) is 0 Å². The van der Waals surface area contributed by atoms with Gasteiger partial charge in [0.2, 0.25) is 0 Å². The van der Waals surface area contributed by atoms with E-state index in [2.05, 4.69) is 10.3 Å². The van der Waals surface area contributed by atoms with E-state index in [0.717, 1.165) is 0 Å². The van der Waals surface area contributed by atoms with Crippen molar-refractivity contribution in [3.8, 4) is 0 Å². The van der Waals surface area contributed by atoms with Gasteiger partial charge in [-0.1, -0.05) is 35.3 Å². The highest BCUT2D eigenvalue weighted by atomic mass is 35.5. The van der Waals surface area contributed by atoms with Gasteiger partial charge in [-0.05, 0) is 37.3 Å². The summed E-state index contributed by atoms with van der Waals surface area (Å²) in [7, 11) is 0. The van der Waals surface area contributed by atoms with E-state index in [0.29, 0.717) is 37.9 Å². The number of fused-ring (bicyclic) bond motifs is 1. The third-order valence-corrected chi connectivity index (χ3v) is 4.02. The zero-order valence-corrected chi connectivity index (χ0v) is 14.4. The number of hydrogen-bond donors (Lipinski definition) is 1. The first kappa shape index (κ1) is 16.6. The number of benzene rings is 2. The second kappa shape index (κ2) is 7.07. The summed E-state index contributed by atoms with van der Waals surface area (Å²) in [6.07, 6.45) is 1.49. The molecule has 0 unspecified atom stereocenters. The van der Waals surface area contributed by atoms with Gasteiger partial charge in [0.25, 0.3) is 0 Å². The molecule has 3 aromatic rings. The number of carbonyl (C=O) groups excluding carboxylic acids is 1. The molecule has 3 rings (SSSR count). The van der Waals surface area contributed by atoms with E-state index in [1.807, 2.05) is 18.2 Å². The smallest absolute Gasteiger partial charge is 0.341 e. The van der Waals surface area contributed by atoms with Crippen LogP contribution in [0.1, 0.15) is 17.3 Å². The zero-order chi connectivity index (χ0) is 17.1. The van der Waals surface area contributed by atoms with Crippen LogP contribution < -0.4 is 5.32 Å². The number of nitrogens with one attached hydrogen (secondary N) is 1. The number of rotatable bonds is 4. The van der Waals surface area contributed by atoms with Crippen LogP contribution in [-0.2, 0) is 4.74 Å². The minimum atomic E-state index is -0.457. The Morgan fingerprint density at radius 3 is 2.75 bits per heavy atom. The van der Waals surface area contributed by atoms with Crippen LogP contribution in [0, 0.1) is 0 Å². The quantitative estimate of drug-likeness (QED) is 0.627. The standard InChI is InChI=1S/C18H14Cl2N2O2/c1-2-24-18(23)13-10-21-15-8-7-11(19)9-12(15)17(13)22-16-6-4-3-5-14(16)20/h3-10H,2H2,1H3,(H,21,22). The lowest BCUT2D eigenvalue weighted by molar-refractivity contribution is 0.0527. The molecule has 0 saturated heterocycles. The Balaban J connectivity index is 2.20. The fraction of sp³-hybridized carbons (Fsp3) is 0.111. The van der Waals surface area contributed by atoms with Crippen molar-refractivity contribution in [2.75, 3.05) is 11.9 Å². The van der Waals surface area contributed by atoms with Crippen LogP contribution in [0.25, 0.3) is 10.9 Å². The Bertz CT molecular complexity index is 913. The first-order valence-electron chi connectivity index (χ1n) is 7.37. The molecule has 1 aromatic heterocycles. The van der Waals surface area contributed by atoms with Crippen LogP contribution in [-0.4, -0.2) is 17.6 Å². The highest BCUT2D eigenvalue weighted by Crippen LogP contribution is 2.33. The molecule has 0 atom stereocenters. The third kappa shape index (κ3) is 3.30. The molecular formula is C18H14Cl2N2O2. The van der Waals surface area contributed by atoms with Crippen LogP contribution in [0.3, 0.4) is 0 Å². The highest BCUT2D eigenvalue weighted by molar-refractivity contribution is 6.33. The van der Waals surface area contributed by atoms with Crippen LogP contribution in [0.5, 0.6) is 0 Å². The fourth-order valence-corrected chi connectivity index (χ4v) is 2.72. The summed E-state index contributed by atoms with van der Waals surface area (Å²) in [6, 6.07) is 12.6. The second-order valence-electron chi connectivity index (χ2n) is 5.03. The second-order valence-corrected chi connectivity index (χ2v) is 5.88. The lowest BCUT2D eigenvalue weighted by Gasteiger charge is -2.15. The van der Waals surface area contributed by atoms with Crippen LogP contribution in [0.4, 0.5) is 11.4 Å². The van der Waals surface area contributed by atoms with E-state index in [1.165, 1.54) is 6.20 Å². The van der Waals surface area contributed by atoms with Crippen LogP contribution >= 0.6 is 23.2 Å². The lowest BCUT2D eigenvalue weighted by Crippen LogP contribution is -2.09. The topological polar surface area (TPSA) is 51.2 Å². The SMILES string of the molecule is CCOC(=O)c1cnc2ccc(Cl)cc2c1Nc1ccccc1Cl. The number of halogens is 2. The number of pyridine rings is 1. The molecule has 0 amide bonds. The molecule has 6 heteroatoms. The summed E-state index contributed by atoms with van der Waals surface area (Å²) in [4.78, 5) is 16.6. The van der Waals surface area contributed by atoms with Gasteiger partial charge in [0.05, 0.1) is 28.5 Å². The Labute approximate surface area is 149 Å². The van der Waals surface area contributed by atoms with Gasteiger partial charge in [-0.25, -0.2) is 4.79 Å². The molecule has 0 radical (unpaired) electrons. The van der Waals surface area contributed by atoms with E-state index in [9.17, 15) is 4.79 Å². The monoisotopic (exact) mass is 360 g/mol. The molecule has 122 valence electrons. The molecule has 2 aromatic carbocycles. The van der Waals surface area contributed by atoms with E-state index < -0.39 is 5.97 Å². The molecule has 0 aliphatic heterocycles. The van der Waals surface area contributed by atoms with Crippen molar-refractivity contribution in [3.63, 3.8) is 0 Å². The summed E-state index contributed by atoms with van der Waals surface area (Å²) >= 11 is 12.3. The molecule has 0 bridgehead atoms. The molecule has 0 aliphatic carbocycles. The normalized spacial score (nSPS) is 10.6. The molecule has 24 heavy (non-hydrogen) atoms. The van der Waals surface area contributed by atoms with Crippen molar-refractivity contribution < 1.29 is 9.53 Å². The maximum atomic E-state index is 12.3. The van der Waals surface area contributed by atoms with Crippen molar-refractivity contribution >= 4 is 51.4 Å². The molecule has 0 spiro atoms. The van der Waals surface area contributed by atoms with Gasteiger partial charge in [-0.3, -0.25) is 4.98 Å². The van der Waals surface area contributed by atoms with Gasteiger partial charge in [0.15, 0.2) is 0 Å². The number of carbonyl (C=O) groups is 1. The van der Waals surface area contributed by atoms with Crippen molar-refractivity contribution in [1.82, 2.24) is 4.98 Å². The Kier molecular flexibility index (Phi) is 4.88. The molecule has 4 nitrogen and oxygen atoms in total. The van der Waals surface area contributed by atoms with Gasteiger partial charge in [0.1, 0.15) is 5.56 Å². The Morgan fingerprint density at radius 2 is 2.00 bits per heavy atom. The minimum Gasteiger partial charge on any atom is -0.462 e. The number of ether oxygens (including phenoxy) is 1. The molecule has 0 aliphatic rings. The molecule has 1 heterocycles. The average molecular weight is 361 g/mol. The number of nitrogens with zero attached hydrogens (tertiary/aromatic N) is 1. The van der Waals surface area contributed by atoms with Crippen LogP contribution in [0.2, 0.25) is 10.0 Å². The van der Waals surface area contributed by atoms with Crippen molar-refractivity contribution in [1.29, 1.82) is 0 Å². The predicted octanol–water partition coefficient (Wildman–Crippen LogP) is 5.46.